The normalized spacial score (nSPS) is 17.2. The van der Waals surface area contributed by atoms with Crippen LogP contribution >= 0.6 is 0 Å². The highest BCUT2D eigenvalue weighted by Crippen LogP contribution is 2.29. The third kappa shape index (κ3) is 3.52. The molecule has 2 aliphatic rings. The minimum Gasteiger partial charge on any atom is -0.482 e. The van der Waals surface area contributed by atoms with E-state index in [0.29, 0.717) is 30.1 Å². The summed E-state index contributed by atoms with van der Waals surface area (Å²) in [5.41, 5.74) is 2.16. The van der Waals surface area contributed by atoms with Gasteiger partial charge in [0.05, 0.1) is 11.4 Å². The van der Waals surface area contributed by atoms with Gasteiger partial charge >= 0.3 is 0 Å². The highest BCUT2D eigenvalue weighted by molar-refractivity contribution is 5.99. The Balaban J connectivity index is 1.38. The molecule has 3 heterocycles. The first-order valence-electron chi connectivity index (χ1n) is 8.67. The van der Waals surface area contributed by atoms with Crippen molar-refractivity contribution >= 4 is 17.5 Å². The quantitative estimate of drug-likeness (QED) is 0.903. The Labute approximate surface area is 151 Å². The average molecular weight is 352 g/mol. The predicted molar refractivity (Wildman–Crippen MR) is 96.0 cm³/mol. The number of ether oxygens (including phenoxy) is 1. The van der Waals surface area contributed by atoms with E-state index < -0.39 is 0 Å². The number of pyridine rings is 1. The van der Waals surface area contributed by atoms with Gasteiger partial charge < -0.3 is 15.0 Å². The van der Waals surface area contributed by atoms with Crippen molar-refractivity contribution in [3.8, 4) is 5.75 Å². The van der Waals surface area contributed by atoms with Crippen LogP contribution in [0.1, 0.15) is 16.1 Å². The lowest BCUT2D eigenvalue weighted by molar-refractivity contribution is -0.118. The van der Waals surface area contributed by atoms with Gasteiger partial charge in [-0.15, -0.1) is 0 Å². The second-order valence-electron chi connectivity index (χ2n) is 6.44. The number of fused-ring (bicyclic) bond motifs is 1. The van der Waals surface area contributed by atoms with E-state index in [9.17, 15) is 9.59 Å². The minimum absolute atomic E-state index is 0.0124. The Hall–Kier alpha value is -2.93. The molecule has 4 rings (SSSR count). The summed E-state index contributed by atoms with van der Waals surface area (Å²) in [6.45, 7) is 3.78. The lowest BCUT2D eigenvalue weighted by Crippen LogP contribution is -2.48. The molecular weight excluding hydrogens is 332 g/mol. The lowest BCUT2D eigenvalue weighted by atomic mass is 10.1. The van der Waals surface area contributed by atoms with Gasteiger partial charge in [-0.3, -0.25) is 19.5 Å². The molecule has 2 aliphatic heterocycles. The highest BCUT2D eigenvalue weighted by atomic mass is 16.5. The Bertz CT molecular complexity index is 817. The van der Waals surface area contributed by atoms with E-state index in [2.05, 4.69) is 15.2 Å². The maximum atomic E-state index is 12.8. The van der Waals surface area contributed by atoms with Gasteiger partial charge in [-0.05, 0) is 30.3 Å². The van der Waals surface area contributed by atoms with Crippen LogP contribution in [0.5, 0.6) is 5.75 Å². The molecule has 0 spiro atoms. The van der Waals surface area contributed by atoms with Crippen molar-refractivity contribution in [3.05, 3.63) is 53.9 Å². The van der Waals surface area contributed by atoms with E-state index in [1.807, 2.05) is 23.1 Å². The van der Waals surface area contributed by atoms with E-state index in [-0.39, 0.29) is 18.4 Å². The molecule has 1 fully saturated rings. The van der Waals surface area contributed by atoms with Crippen LogP contribution in [0.15, 0.2) is 42.6 Å². The number of rotatable bonds is 3. The maximum Gasteiger partial charge on any atom is 0.262 e. The van der Waals surface area contributed by atoms with Crippen LogP contribution in [0.4, 0.5) is 5.69 Å². The molecule has 0 aliphatic carbocycles. The van der Waals surface area contributed by atoms with Gasteiger partial charge in [0.15, 0.2) is 6.61 Å². The molecule has 0 atom stereocenters. The zero-order chi connectivity index (χ0) is 17.9. The van der Waals surface area contributed by atoms with E-state index in [0.717, 1.165) is 25.3 Å². The fraction of sp³-hybridized carbons (Fsp3) is 0.316. The number of hydrogen-bond donors (Lipinski definition) is 1. The number of benzene rings is 1. The number of carbonyl (C=O) groups excluding carboxylic acids is 2. The van der Waals surface area contributed by atoms with E-state index >= 15 is 0 Å². The van der Waals surface area contributed by atoms with Crippen LogP contribution in [-0.4, -0.2) is 59.4 Å². The number of carbonyl (C=O) groups is 2. The summed E-state index contributed by atoms with van der Waals surface area (Å²) in [6, 6.07) is 11.1. The Morgan fingerprint density at radius 3 is 2.77 bits per heavy atom. The molecule has 0 saturated carbocycles. The number of hydrogen-bond acceptors (Lipinski definition) is 5. The summed E-state index contributed by atoms with van der Waals surface area (Å²) in [5.74, 6) is 0.372. The topological polar surface area (TPSA) is 74.8 Å². The summed E-state index contributed by atoms with van der Waals surface area (Å²) in [7, 11) is 0. The fourth-order valence-corrected chi connectivity index (χ4v) is 3.23. The molecule has 26 heavy (non-hydrogen) atoms. The van der Waals surface area contributed by atoms with Crippen LogP contribution in [0.2, 0.25) is 0 Å². The number of nitrogens with zero attached hydrogens (tertiary/aromatic N) is 3. The van der Waals surface area contributed by atoms with Crippen LogP contribution in [0.25, 0.3) is 0 Å². The SMILES string of the molecule is O=C1COc2ccc(C(=O)N3CCN(Cc4ccccn4)CC3)cc2N1. The second kappa shape index (κ2) is 7.13. The Kier molecular flexibility index (Phi) is 4.53. The van der Waals surface area contributed by atoms with Crippen LogP contribution in [0, 0.1) is 0 Å². The Morgan fingerprint density at radius 2 is 2.00 bits per heavy atom. The third-order valence-electron chi connectivity index (χ3n) is 4.63. The monoisotopic (exact) mass is 352 g/mol. The van der Waals surface area contributed by atoms with Crippen molar-refractivity contribution in [2.75, 3.05) is 38.1 Å². The smallest absolute Gasteiger partial charge is 0.262 e. The molecule has 7 nitrogen and oxygen atoms in total. The highest BCUT2D eigenvalue weighted by Gasteiger charge is 2.24. The lowest BCUT2D eigenvalue weighted by Gasteiger charge is -2.34. The van der Waals surface area contributed by atoms with Crippen LogP contribution in [0.3, 0.4) is 0 Å². The first-order valence-corrected chi connectivity index (χ1v) is 8.67. The summed E-state index contributed by atoms with van der Waals surface area (Å²) in [4.78, 5) is 32.7. The van der Waals surface area contributed by atoms with Crippen molar-refractivity contribution in [1.29, 1.82) is 0 Å². The predicted octanol–water partition coefficient (Wildman–Crippen LogP) is 1.37. The van der Waals surface area contributed by atoms with Gasteiger partial charge in [-0.1, -0.05) is 6.07 Å². The Morgan fingerprint density at radius 1 is 1.15 bits per heavy atom. The molecule has 7 heteroatoms. The van der Waals surface area contributed by atoms with Gasteiger partial charge in [-0.25, -0.2) is 0 Å². The van der Waals surface area contributed by atoms with Gasteiger partial charge in [0.1, 0.15) is 5.75 Å². The standard InChI is InChI=1S/C19H20N4O3/c24-18-13-26-17-5-4-14(11-16(17)21-18)19(25)23-9-7-22(8-10-23)12-15-3-1-2-6-20-15/h1-6,11H,7-10,12-13H2,(H,21,24). The molecule has 2 aromatic rings. The first kappa shape index (κ1) is 16.5. The van der Waals surface area contributed by atoms with Gasteiger partial charge in [-0.2, -0.15) is 0 Å². The molecular formula is C19H20N4O3. The largest absolute Gasteiger partial charge is 0.482 e. The summed E-state index contributed by atoms with van der Waals surface area (Å²) < 4.78 is 5.34. The summed E-state index contributed by atoms with van der Waals surface area (Å²) in [6.07, 6.45) is 1.80. The molecule has 0 radical (unpaired) electrons. The molecule has 0 bridgehead atoms. The molecule has 0 unspecified atom stereocenters. The molecule has 134 valence electrons. The number of anilines is 1. The van der Waals surface area contributed by atoms with Crippen molar-refractivity contribution in [2.24, 2.45) is 0 Å². The van der Waals surface area contributed by atoms with Crippen molar-refractivity contribution in [1.82, 2.24) is 14.8 Å². The fourth-order valence-electron chi connectivity index (χ4n) is 3.23. The number of aromatic nitrogens is 1. The molecule has 1 aromatic carbocycles. The van der Waals surface area contributed by atoms with E-state index in [4.69, 9.17) is 4.74 Å². The number of piperazine rings is 1. The zero-order valence-corrected chi connectivity index (χ0v) is 14.4. The van der Waals surface area contributed by atoms with Gasteiger partial charge in [0, 0.05) is 44.5 Å². The average Bonchev–Trinajstić information content (AvgIpc) is 2.68. The van der Waals surface area contributed by atoms with Crippen molar-refractivity contribution in [2.45, 2.75) is 6.54 Å². The first-order chi connectivity index (χ1) is 12.7. The van der Waals surface area contributed by atoms with Crippen LogP contribution < -0.4 is 10.1 Å². The van der Waals surface area contributed by atoms with E-state index in [1.165, 1.54) is 0 Å². The van der Waals surface area contributed by atoms with E-state index in [1.54, 1.807) is 24.4 Å². The van der Waals surface area contributed by atoms with Gasteiger partial charge in [0.25, 0.3) is 11.8 Å². The number of amides is 2. The minimum atomic E-state index is -0.203. The summed E-state index contributed by atoms with van der Waals surface area (Å²) in [5, 5.41) is 2.74. The van der Waals surface area contributed by atoms with Gasteiger partial charge in [0.2, 0.25) is 0 Å². The molecule has 2 amide bonds. The third-order valence-corrected chi connectivity index (χ3v) is 4.63. The maximum absolute atomic E-state index is 12.8. The second-order valence-corrected chi connectivity index (χ2v) is 6.44. The van der Waals surface area contributed by atoms with Crippen molar-refractivity contribution < 1.29 is 14.3 Å². The zero-order valence-electron chi connectivity index (χ0n) is 14.4. The van der Waals surface area contributed by atoms with Crippen molar-refractivity contribution in [3.63, 3.8) is 0 Å². The van der Waals surface area contributed by atoms with Crippen LogP contribution in [-0.2, 0) is 11.3 Å². The molecule has 1 aromatic heterocycles. The number of nitrogens with one attached hydrogen (secondary N) is 1. The molecule has 1 saturated heterocycles. The summed E-state index contributed by atoms with van der Waals surface area (Å²) >= 11 is 0. The molecule has 1 N–H and O–H groups in total.